The van der Waals surface area contributed by atoms with Gasteiger partial charge in [-0.25, -0.2) is 13.8 Å². The van der Waals surface area contributed by atoms with Gasteiger partial charge in [-0.3, -0.25) is 14.5 Å². The van der Waals surface area contributed by atoms with Crippen molar-refractivity contribution in [2.24, 2.45) is 5.16 Å². The van der Waals surface area contributed by atoms with Crippen molar-refractivity contribution in [3.05, 3.63) is 53.9 Å². The monoisotopic (exact) mass is 515 g/mol. The Morgan fingerprint density at radius 1 is 1.40 bits per heavy atom. The molecule has 0 aromatic carbocycles. The maximum Gasteiger partial charge on any atom is 0.352 e. The fourth-order valence-corrected chi connectivity index (χ4v) is 5.78. The summed E-state index contributed by atoms with van der Waals surface area (Å²) in [6.45, 7) is 0.310. The van der Waals surface area contributed by atoms with Gasteiger partial charge in [-0.05, 0) is 6.07 Å². The number of carboxylic acid groups (broad SMARTS) is 1. The van der Waals surface area contributed by atoms with Crippen molar-refractivity contribution in [1.29, 1.82) is 0 Å². The molecule has 4 N–H and O–H groups in total. The van der Waals surface area contributed by atoms with Crippen LogP contribution in [0.5, 0.6) is 0 Å². The zero-order valence-electron chi connectivity index (χ0n) is 18.2. The summed E-state index contributed by atoms with van der Waals surface area (Å²) in [5.74, 6) is -2.11. The van der Waals surface area contributed by atoms with Gasteiger partial charge in [0.25, 0.3) is 17.5 Å². The van der Waals surface area contributed by atoms with Crippen molar-refractivity contribution in [3.63, 3.8) is 0 Å². The number of nitrogens with zero attached hydrogens (tertiary/aromatic N) is 6. The van der Waals surface area contributed by atoms with E-state index >= 15 is 0 Å². The van der Waals surface area contributed by atoms with Crippen LogP contribution in [0, 0.1) is 0 Å². The van der Waals surface area contributed by atoms with Crippen LogP contribution in [0.15, 0.2) is 53.2 Å². The van der Waals surface area contributed by atoms with Gasteiger partial charge in [0.15, 0.2) is 5.13 Å². The molecule has 2 aliphatic heterocycles. The number of amides is 2. The number of hydrogen-bond donors (Lipinski definition) is 3. The molecular formula is C20H19N8O5S2+. The van der Waals surface area contributed by atoms with Gasteiger partial charge in [0.05, 0.1) is 6.20 Å². The van der Waals surface area contributed by atoms with Crippen molar-refractivity contribution in [1.82, 2.24) is 24.0 Å². The van der Waals surface area contributed by atoms with Crippen LogP contribution in [-0.2, 0) is 25.8 Å². The van der Waals surface area contributed by atoms with Crippen LogP contribution < -0.4 is 15.6 Å². The minimum atomic E-state index is -1.20. The average molecular weight is 516 g/mol. The minimum absolute atomic E-state index is 0.0306. The van der Waals surface area contributed by atoms with Crippen LogP contribution in [-0.4, -0.2) is 71.5 Å². The van der Waals surface area contributed by atoms with E-state index in [4.69, 9.17) is 10.6 Å². The van der Waals surface area contributed by atoms with Gasteiger partial charge < -0.3 is 21.0 Å². The van der Waals surface area contributed by atoms with Crippen molar-refractivity contribution in [2.45, 2.75) is 18.0 Å². The lowest BCUT2D eigenvalue weighted by molar-refractivity contribution is -0.662. The zero-order chi connectivity index (χ0) is 24.7. The van der Waals surface area contributed by atoms with E-state index in [9.17, 15) is 19.5 Å². The van der Waals surface area contributed by atoms with E-state index in [1.807, 2.05) is 45.8 Å². The summed E-state index contributed by atoms with van der Waals surface area (Å²) in [5.41, 5.74) is 6.77. The number of hydrogen-bond acceptors (Lipinski definition) is 10. The number of nitrogens with one attached hydrogen (secondary N) is 1. The molecule has 0 aliphatic carbocycles. The summed E-state index contributed by atoms with van der Waals surface area (Å²) in [7, 11) is 1.26. The van der Waals surface area contributed by atoms with E-state index in [1.165, 1.54) is 23.8 Å². The van der Waals surface area contributed by atoms with Gasteiger partial charge in [0, 0.05) is 28.9 Å². The van der Waals surface area contributed by atoms with Gasteiger partial charge >= 0.3 is 5.97 Å². The summed E-state index contributed by atoms with van der Waals surface area (Å²) < 4.78 is 7.79. The van der Waals surface area contributed by atoms with Crippen LogP contribution in [0.2, 0.25) is 0 Å². The number of pyridine rings is 1. The molecule has 0 spiro atoms. The molecule has 180 valence electrons. The van der Waals surface area contributed by atoms with Gasteiger partial charge in [0.1, 0.15) is 43.2 Å². The largest absolute Gasteiger partial charge is 0.477 e. The fraction of sp³-hybridized carbons (Fsp3) is 0.250. The highest BCUT2D eigenvalue weighted by Crippen LogP contribution is 2.40. The number of carboxylic acids is 1. The standard InChI is InChI=1S/C20H18N8O5S2/c1-33-24-12(15-23-20(21)35-25-15)16(29)22-13-17(30)28-14(19(31)32)10(9-34-18(13)28)8-27-7-6-26-5-3-2-4-11(26)27/h2-7,13,18H,8-9H2,1H3,(H3-,21,22,23,25,29,31,32)/p+1/b24-12+. The quantitative estimate of drug-likeness (QED) is 0.162. The molecule has 0 saturated carbocycles. The number of β-lactam (4-membered cyclic amide) rings is 1. The highest BCUT2D eigenvalue weighted by Gasteiger charge is 2.54. The first-order chi connectivity index (χ1) is 16.9. The first kappa shape index (κ1) is 22.8. The number of oxime groups is 1. The molecule has 5 rings (SSSR count). The number of thioether (sulfide) groups is 1. The molecule has 13 nitrogen and oxygen atoms in total. The third-order valence-corrected chi connectivity index (χ3v) is 7.40. The molecule has 2 atom stereocenters. The Kier molecular flexibility index (Phi) is 5.86. The molecule has 2 unspecified atom stereocenters. The molecule has 5 heterocycles. The summed E-state index contributed by atoms with van der Waals surface area (Å²) in [6.07, 6.45) is 5.63. The number of rotatable bonds is 7. The summed E-state index contributed by atoms with van der Waals surface area (Å²) >= 11 is 2.26. The van der Waals surface area contributed by atoms with E-state index in [0.29, 0.717) is 17.9 Å². The molecule has 1 saturated heterocycles. The lowest BCUT2D eigenvalue weighted by Gasteiger charge is -2.49. The Bertz CT molecular complexity index is 1410. The Balaban J connectivity index is 1.37. The molecule has 0 bridgehead atoms. The number of carbonyl (C=O) groups excluding carboxylic acids is 2. The zero-order valence-corrected chi connectivity index (χ0v) is 19.8. The van der Waals surface area contributed by atoms with Gasteiger partial charge in [-0.1, -0.05) is 11.2 Å². The number of anilines is 1. The number of carbonyl (C=O) groups is 3. The summed E-state index contributed by atoms with van der Waals surface area (Å²) in [5, 5.41) is 15.8. The molecule has 3 aromatic heterocycles. The van der Waals surface area contributed by atoms with Crippen molar-refractivity contribution in [3.8, 4) is 0 Å². The maximum atomic E-state index is 13.0. The second-order valence-electron chi connectivity index (χ2n) is 7.59. The Morgan fingerprint density at radius 2 is 2.23 bits per heavy atom. The van der Waals surface area contributed by atoms with Gasteiger partial charge in [-0.2, -0.15) is 9.36 Å². The molecule has 0 radical (unpaired) electrons. The Hall–Kier alpha value is -3.98. The van der Waals surface area contributed by atoms with Crippen molar-refractivity contribution >= 4 is 57.6 Å². The Labute approximate surface area is 206 Å². The Morgan fingerprint density at radius 3 is 2.94 bits per heavy atom. The number of nitrogen functional groups attached to an aromatic ring is 1. The van der Waals surface area contributed by atoms with E-state index in [2.05, 4.69) is 19.8 Å². The first-order valence-corrected chi connectivity index (χ1v) is 12.1. The van der Waals surface area contributed by atoms with Gasteiger partial charge in [-0.15, -0.1) is 11.8 Å². The highest BCUT2D eigenvalue weighted by atomic mass is 32.2. The average Bonchev–Trinajstić information content (AvgIpc) is 3.46. The van der Waals surface area contributed by atoms with Crippen LogP contribution in [0.1, 0.15) is 5.82 Å². The first-order valence-electron chi connectivity index (χ1n) is 10.3. The predicted octanol–water partition coefficient (Wildman–Crippen LogP) is -0.550. The number of aliphatic carboxylic acids is 1. The van der Waals surface area contributed by atoms with Gasteiger partial charge in [0.2, 0.25) is 11.5 Å². The van der Waals surface area contributed by atoms with Crippen molar-refractivity contribution in [2.75, 3.05) is 18.6 Å². The van der Waals surface area contributed by atoms with Crippen molar-refractivity contribution < 1.29 is 28.9 Å². The van der Waals surface area contributed by atoms with Crippen LogP contribution in [0.25, 0.3) is 5.65 Å². The predicted molar refractivity (Wildman–Crippen MR) is 125 cm³/mol. The normalized spacial score (nSPS) is 20.0. The molecule has 15 heteroatoms. The molecule has 3 aromatic rings. The smallest absolute Gasteiger partial charge is 0.352 e. The van der Waals surface area contributed by atoms with Crippen LogP contribution in [0.3, 0.4) is 0 Å². The number of aromatic nitrogens is 4. The third-order valence-electron chi connectivity index (χ3n) is 5.52. The molecule has 2 aliphatic rings. The SMILES string of the molecule is CO/N=C(/C(=O)NC1C(=O)N2C(C(=O)O)=C(C[n+]3ccn4ccccc43)CSC12)c1nsc(N)n1. The highest BCUT2D eigenvalue weighted by molar-refractivity contribution is 8.00. The van der Waals surface area contributed by atoms with E-state index in [1.54, 1.807) is 0 Å². The third kappa shape index (κ3) is 3.97. The molecule has 35 heavy (non-hydrogen) atoms. The van der Waals surface area contributed by atoms with E-state index in [-0.39, 0.29) is 22.4 Å². The van der Waals surface area contributed by atoms with Crippen LogP contribution >= 0.6 is 23.3 Å². The molecule has 1 fully saturated rings. The second-order valence-corrected chi connectivity index (χ2v) is 9.48. The van der Waals surface area contributed by atoms with E-state index in [0.717, 1.165) is 17.2 Å². The minimum Gasteiger partial charge on any atom is -0.477 e. The number of fused-ring (bicyclic) bond motifs is 2. The summed E-state index contributed by atoms with van der Waals surface area (Å²) in [4.78, 5) is 47.9. The topological polar surface area (TPSA) is 168 Å². The number of imidazole rings is 1. The lowest BCUT2D eigenvalue weighted by atomic mass is 10.0. The fourth-order valence-electron chi connectivity index (χ4n) is 4.01. The second kappa shape index (κ2) is 8.99. The van der Waals surface area contributed by atoms with E-state index < -0.39 is 29.2 Å². The molecular weight excluding hydrogens is 496 g/mol. The maximum absolute atomic E-state index is 13.0. The summed E-state index contributed by atoms with van der Waals surface area (Å²) in [6, 6.07) is 4.77. The molecule has 2 amide bonds. The lowest BCUT2D eigenvalue weighted by Crippen LogP contribution is -2.71. The number of nitrogens with two attached hydrogens (primary N) is 1. The van der Waals surface area contributed by atoms with Crippen LogP contribution in [0.4, 0.5) is 5.13 Å².